The molecule has 2 aliphatic rings. The normalized spacial score (nSPS) is 18.1. The van der Waals surface area contributed by atoms with Crippen LogP contribution in [0.3, 0.4) is 0 Å². The number of nitrogens with zero attached hydrogens (tertiary/aromatic N) is 3. The van der Waals surface area contributed by atoms with E-state index < -0.39 is 0 Å². The Kier molecular flexibility index (Phi) is 5.61. The summed E-state index contributed by atoms with van der Waals surface area (Å²) in [4.78, 5) is 30.4. The zero-order valence-corrected chi connectivity index (χ0v) is 14.7. The van der Waals surface area contributed by atoms with E-state index in [1.54, 1.807) is 0 Å². The molecule has 1 aromatic rings. The van der Waals surface area contributed by atoms with Gasteiger partial charge in [-0.3, -0.25) is 9.59 Å². The molecule has 0 unspecified atom stereocenters. The Morgan fingerprint density at radius 1 is 0.792 bits per heavy atom. The average Bonchev–Trinajstić information content (AvgIpc) is 3.15. The minimum atomic E-state index is 0.0957. The van der Waals surface area contributed by atoms with Gasteiger partial charge in [0.25, 0.3) is 0 Å². The van der Waals surface area contributed by atoms with Crippen LogP contribution in [0.25, 0.3) is 0 Å². The first-order chi connectivity index (χ1) is 11.6. The van der Waals surface area contributed by atoms with Gasteiger partial charge in [-0.05, 0) is 37.1 Å². The van der Waals surface area contributed by atoms with Crippen LogP contribution in [0, 0.1) is 0 Å². The number of carbonyl (C=O) groups is 2. The van der Waals surface area contributed by atoms with Gasteiger partial charge in [-0.15, -0.1) is 0 Å². The molecule has 0 saturated carbocycles. The van der Waals surface area contributed by atoms with Crippen molar-refractivity contribution in [2.75, 3.05) is 44.2 Å². The van der Waals surface area contributed by atoms with Crippen LogP contribution in [-0.2, 0) is 9.59 Å². The van der Waals surface area contributed by atoms with Crippen LogP contribution >= 0.6 is 11.6 Å². The van der Waals surface area contributed by atoms with E-state index in [1.807, 2.05) is 34.1 Å². The second kappa shape index (κ2) is 7.88. The predicted octanol–water partition coefficient (Wildman–Crippen LogP) is 2.39. The average molecular weight is 350 g/mol. The monoisotopic (exact) mass is 349 g/mol. The summed E-state index contributed by atoms with van der Waals surface area (Å²) in [7, 11) is 0. The van der Waals surface area contributed by atoms with Gasteiger partial charge < -0.3 is 14.7 Å². The Morgan fingerprint density at radius 2 is 1.29 bits per heavy atom. The number of anilines is 1. The van der Waals surface area contributed by atoms with Crippen molar-refractivity contribution in [3.05, 3.63) is 29.3 Å². The molecular formula is C18H24ClN3O2. The maximum atomic E-state index is 12.3. The van der Waals surface area contributed by atoms with Gasteiger partial charge in [-0.1, -0.05) is 11.6 Å². The summed E-state index contributed by atoms with van der Waals surface area (Å²) in [5.41, 5.74) is 1.13. The zero-order chi connectivity index (χ0) is 16.9. The van der Waals surface area contributed by atoms with Crippen molar-refractivity contribution in [2.24, 2.45) is 0 Å². The van der Waals surface area contributed by atoms with Crippen molar-refractivity contribution in [2.45, 2.75) is 25.7 Å². The molecule has 0 radical (unpaired) electrons. The van der Waals surface area contributed by atoms with E-state index in [9.17, 15) is 9.59 Å². The number of rotatable bonds is 4. The molecule has 2 fully saturated rings. The molecule has 24 heavy (non-hydrogen) atoms. The van der Waals surface area contributed by atoms with E-state index in [0.717, 1.165) is 49.7 Å². The van der Waals surface area contributed by atoms with Crippen LogP contribution in [0.4, 0.5) is 5.69 Å². The van der Waals surface area contributed by atoms with E-state index in [4.69, 9.17) is 11.6 Å². The first kappa shape index (κ1) is 17.1. The second-order valence-electron chi connectivity index (χ2n) is 6.43. The van der Waals surface area contributed by atoms with Crippen LogP contribution < -0.4 is 4.90 Å². The van der Waals surface area contributed by atoms with Crippen LogP contribution in [0.1, 0.15) is 25.7 Å². The quantitative estimate of drug-likeness (QED) is 0.838. The van der Waals surface area contributed by atoms with Crippen LogP contribution in [-0.4, -0.2) is 60.9 Å². The van der Waals surface area contributed by atoms with Gasteiger partial charge in [0.15, 0.2) is 0 Å². The minimum absolute atomic E-state index is 0.0957. The van der Waals surface area contributed by atoms with Gasteiger partial charge in [0.05, 0.1) is 0 Å². The Balaban J connectivity index is 1.43. The van der Waals surface area contributed by atoms with Crippen LogP contribution in [0.2, 0.25) is 5.02 Å². The number of benzene rings is 1. The summed E-state index contributed by atoms with van der Waals surface area (Å²) < 4.78 is 0. The molecule has 1 aromatic carbocycles. The molecule has 2 aliphatic heterocycles. The number of piperazine rings is 1. The van der Waals surface area contributed by atoms with E-state index >= 15 is 0 Å². The van der Waals surface area contributed by atoms with Gasteiger partial charge in [0.1, 0.15) is 0 Å². The van der Waals surface area contributed by atoms with Crippen LogP contribution in [0.5, 0.6) is 0 Å². The largest absolute Gasteiger partial charge is 0.368 e. The van der Waals surface area contributed by atoms with Crippen molar-refractivity contribution in [3.8, 4) is 0 Å². The summed E-state index contributed by atoms with van der Waals surface area (Å²) in [6, 6.07) is 7.79. The molecule has 0 N–H and O–H groups in total. The lowest BCUT2D eigenvalue weighted by molar-refractivity contribution is -0.136. The molecule has 0 aromatic heterocycles. The van der Waals surface area contributed by atoms with Gasteiger partial charge >= 0.3 is 0 Å². The molecule has 3 rings (SSSR count). The summed E-state index contributed by atoms with van der Waals surface area (Å²) in [5, 5.41) is 0.732. The first-order valence-electron chi connectivity index (χ1n) is 8.69. The van der Waals surface area contributed by atoms with Gasteiger partial charge in [0.2, 0.25) is 11.8 Å². The summed E-state index contributed by atoms with van der Waals surface area (Å²) >= 11 is 5.92. The highest BCUT2D eigenvalue weighted by molar-refractivity contribution is 6.30. The van der Waals surface area contributed by atoms with Gasteiger partial charge in [-0.25, -0.2) is 0 Å². The van der Waals surface area contributed by atoms with E-state index in [1.165, 1.54) is 0 Å². The highest BCUT2D eigenvalue weighted by atomic mass is 35.5. The summed E-state index contributed by atoms with van der Waals surface area (Å²) in [6.45, 7) is 4.75. The SMILES string of the molecule is O=C(CCC(=O)N1CCN(c2ccc(Cl)cc2)CC1)N1CCCC1. The van der Waals surface area contributed by atoms with E-state index in [2.05, 4.69) is 4.90 Å². The number of hydrogen-bond acceptors (Lipinski definition) is 3. The predicted molar refractivity (Wildman–Crippen MR) is 95.3 cm³/mol. The number of carbonyl (C=O) groups excluding carboxylic acids is 2. The number of halogens is 1. The standard InChI is InChI=1S/C18H24ClN3O2/c19-15-3-5-16(6-4-15)20-11-13-22(14-12-20)18(24)8-7-17(23)21-9-1-2-10-21/h3-6H,1-2,7-14H2. The third-order valence-corrected chi connectivity index (χ3v) is 5.09. The van der Waals surface area contributed by atoms with Gasteiger partial charge in [0, 0.05) is 62.8 Å². The molecular weight excluding hydrogens is 326 g/mol. The minimum Gasteiger partial charge on any atom is -0.368 e. The zero-order valence-electron chi connectivity index (χ0n) is 13.9. The smallest absolute Gasteiger partial charge is 0.223 e. The first-order valence-corrected chi connectivity index (χ1v) is 9.07. The van der Waals surface area contributed by atoms with E-state index in [0.29, 0.717) is 25.9 Å². The van der Waals surface area contributed by atoms with Gasteiger partial charge in [-0.2, -0.15) is 0 Å². The molecule has 2 saturated heterocycles. The van der Waals surface area contributed by atoms with Crippen molar-refractivity contribution in [3.63, 3.8) is 0 Å². The third kappa shape index (κ3) is 4.20. The van der Waals surface area contributed by atoms with E-state index in [-0.39, 0.29) is 11.8 Å². The summed E-state index contributed by atoms with van der Waals surface area (Å²) in [6.07, 6.45) is 2.85. The Morgan fingerprint density at radius 3 is 1.83 bits per heavy atom. The molecule has 0 aliphatic carbocycles. The molecule has 6 heteroatoms. The highest BCUT2D eigenvalue weighted by Gasteiger charge is 2.23. The highest BCUT2D eigenvalue weighted by Crippen LogP contribution is 2.20. The maximum absolute atomic E-state index is 12.3. The van der Waals surface area contributed by atoms with Crippen molar-refractivity contribution in [1.82, 2.24) is 9.80 Å². The molecule has 2 heterocycles. The fourth-order valence-electron chi connectivity index (χ4n) is 3.36. The molecule has 0 atom stereocenters. The Labute approximate surface area is 148 Å². The topological polar surface area (TPSA) is 43.9 Å². The molecule has 0 spiro atoms. The number of amides is 2. The molecule has 2 amide bonds. The summed E-state index contributed by atoms with van der Waals surface area (Å²) in [5.74, 6) is 0.221. The number of hydrogen-bond donors (Lipinski definition) is 0. The lowest BCUT2D eigenvalue weighted by Gasteiger charge is -2.36. The fraction of sp³-hybridized carbons (Fsp3) is 0.556. The fourth-order valence-corrected chi connectivity index (χ4v) is 3.49. The second-order valence-corrected chi connectivity index (χ2v) is 6.87. The third-order valence-electron chi connectivity index (χ3n) is 4.84. The Bertz CT molecular complexity index is 576. The lowest BCUT2D eigenvalue weighted by atomic mass is 10.2. The molecule has 5 nitrogen and oxygen atoms in total. The lowest BCUT2D eigenvalue weighted by Crippen LogP contribution is -2.49. The maximum Gasteiger partial charge on any atom is 0.223 e. The number of likely N-dealkylation sites (tertiary alicyclic amines) is 1. The van der Waals surface area contributed by atoms with Crippen molar-refractivity contribution < 1.29 is 9.59 Å². The molecule has 0 bridgehead atoms. The van der Waals surface area contributed by atoms with Crippen molar-refractivity contribution in [1.29, 1.82) is 0 Å². The van der Waals surface area contributed by atoms with Crippen LogP contribution in [0.15, 0.2) is 24.3 Å². The van der Waals surface area contributed by atoms with Crippen molar-refractivity contribution >= 4 is 29.1 Å². The molecule has 130 valence electrons. The Hall–Kier alpha value is -1.75.